The van der Waals surface area contributed by atoms with Crippen LogP contribution >= 0.6 is 0 Å². The van der Waals surface area contributed by atoms with Crippen LogP contribution in [0.25, 0.3) is 0 Å². The van der Waals surface area contributed by atoms with Crippen LogP contribution in [-0.4, -0.2) is 29.7 Å². The minimum Gasteiger partial charge on any atom is -0.486 e. The minimum absolute atomic E-state index is 0.00576. The van der Waals surface area contributed by atoms with E-state index in [4.69, 9.17) is 9.84 Å². The number of ether oxygens (including phenoxy) is 1. The van der Waals surface area contributed by atoms with Crippen molar-refractivity contribution in [1.82, 2.24) is 5.32 Å². The molecule has 0 heterocycles. The summed E-state index contributed by atoms with van der Waals surface area (Å²) >= 11 is 0. The third-order valence-electron chi connectivity index (χ3n) is 4.57. The van der Waals surface area contributed by atoms with Gasteiger partial charge in [-0.05, 0) is 67.6 Å². The number of nitrogens with one attached hydrogen (secondary N) is 1. The van der Waals surface area contributed by atoms with Crippen LogP contribution in [0.5, 0.6) is 5.75 Å². The molecular weight excluding hydrogens is 411 g/mol. The number of aryl methyl sites for hydroxylation is 2. The first-order chi connectivity index (χ1) is 14.5. The molecule has 0 radical (unpaired) electrons. The molecule has 1 atom stereocenters. The number of benzene rings is 2. The highest BCUT2D eigenvalue weighted by atomic mass is 19.4. The maximum Gasteiger partial charge on any atom is 0.389 e. The number of carbonyl (C=O) groups is 2. The summed E-state index contributed by atoms with van der Waals surface area (Å²) in [6.07, 6.45) is -5.85. The molecule has 1 unspecified atom stereocenters. The monoisotopic (exact) mass is 437 g/mol. The Morgan fingerprint density at radius 3 is 2.23 bits per heavy atom. The molecule has 0 aliphatic carbocycles. The Morgan fingerprint density at radius 1 is 1.06 bits per heavy atom. The Hall–Kier alpha value is -3.03. The van der Waals surface area contributed by atoms with Crippen LogP contribution in [0.4, 0.5) is 13.2 Å². The van der Waals surface area contributed by atoms with Crippen LogP contribution in [-0.2, 0) is 4.79 Å². The van der Waals surface area contributed by atoms with Crippen LogP contribution in [0, 0.1) is 13.8 Å². The lowest BCUT2D eigenvalue weighted by molar-refractivity contribution is -0.137. The van der Waals surface area contributed by atoms with Gasteiger partial charge < -0.3 is 15.2 Å². The number of hydrogen-bond acceptors (Lipinski definition) is 3. The average molecular weight is 437 g/mol. The van der Waals surface area contributed by atoms with Gasteiger partial charge in [-0.3, -0.25) is 9.59 Å². The summed E-state index contributed by atoms with van der Waals surface area (Å²) in [7, 11) is 0. The zero-order valence-corrected chi connectivity index (χ0v) is 17.5. The molecule has 2 N–H and O–H groups in total. The van der Waals surface area contributed by atoms with Gasteiger partial charge in [0.2, 0.25) is 0 Å². The van der Waals surface area contributed by atoms with Gasteiger partial charge in [-0.25, -0.2) is 0 Å². The van der Waals surface area contributed by atoms with E-state index in [0.717, 1.165) is 11.1 Å². The Labute approximate surface area is 179 Å². The highest BCUT2D eigenvalue weighted by molar-refractivity contribution is 5.94. The van der Waals surface area contributed by atoms with Crippen molar-refractivity contribution in [2.24, 2.45) is 0 Å². The lowest BCUT2D eigenvalue weighted by Gasteiger charge is -2.21. The molecule has 0 aliphatic heterocycles. The van der Waals surface area contributed by atoms with E-state index in [2.05, 4.69) is 5.32 Å². The van der Waals surface area contributed by atoms with E-state index in [0.29, 0.717) is 16.9 Å². The zero-order chi connectivity index (χ0) is 23.0. The van der Waals surface area contributed by atoms with E-state index in [1.807, 2.05) is 32.0 Å². The first kappa shape index (κ1) is 24.2. The van der Waals surface area contributed by atoms with Crippen LogP contribution in [0.2, 0.25) is 0 Å². The number of rotatable bonds is 10. The van der Waals surface area contributed by atoms with Gasteiger partial charge in [0, 0.05) is 18.5 Å². The van der Waals surface area contributed by atoms with E-state index in [9.17, 15) is 22.8 Å². The van der Waals surface area contributed by atoms with E-state index >= 15 is 0 Å². The van der Waals surface area contributed by atoms with Gasteiger partial charge in [0.05, 0.1) is 6.42 Å². The van der Waals surface area contributed by atoms with E-state index in [1.54, 1.807) is 24.3 Å². The molecule has 31 heavy (non-hydrogen) atoms. The Morgan fingerprint density at radius 2 is 1.68 bits per heavy atom. The standard InChI is InChI=1S/C23H26F3NO4/c1-15-12-16(2)14-19(13-15)31-20(4-3-10-23(24,25)26)17-5-7-18(8-6-17)22(30)27-11-9-21(28)29/h5-8,12-14,20H,3-4,9-11H2,1-2H3,(H,27,30)(H,28,29). The fourth-order valence-corrected chi connectivity index (χ4v) is 3.18. The summed E-state index contributed by atoms with van der Waals surface area (Å²) in [6, 6.07) is 12.0. The number of aliphatic carboxylic acids is 1. The fraction of sp³-hybridized carbons (Fsp3) is 0.391. The van der Waals surface area contributed by atoms with E-state index in [1.165, 1.54) is 0 Å². The Kier molecular flexibility index (Phi) is 8.47. The smallest absolute Gasteiger partial charge is 0.389 e. The maximum absolute atomic E-state index is 12.6. The number of hydrogen-bond donors (Lipinski definition) is 2. The lowest BCUT2D eigenvalue weighted by atomic mass is 10.0. The molecule has 0 spiro atoms. The molecule has 8 heteroatoms. The minimum atomic E-state index is -4.23. The second-order valence-electron chi connectivity index (χ2n) is 7.46. The molecule has 0 fully saturated rings. The number of carboxylic acids is 1. The highest BCUT2D eigenvalue weighted by Crippen LogP contribution is 2.31. The quantitative estimate of drug-likeness (QED) is 0.525. The van der Waals surface area contributed by atoms with Gasteiger partial charge in [-0.2, -0.15) is 13.2 Å². The number of carbonyl (C=O) groups excluding carboxylic acids is 1. The number of carboxylic acid groups (broad SMARTS) is 1. The van der Waals surface area contributed by atoms with Crippen molar-refractivity contribution in [2.75, 3.05) is 6.54 Å². The summed E-state index contributed by atoms with van der Waals surface area (Å²) in [5.41, 5.74) is 2.95. The first-order valence-corrected chi connectivity index (χ1v) is 9.95. The van der Waals surface area contributed by atoms with Crippen LogP contribution in [0.3, 0.4) is 0 Å². The number of amides is 1. The van der Waals surface area contributed by atoms with E-state index < -0.39 is 30.6 Å². The van der Waals surface area contributed by atoms with Crippen molar-refractivity contribution >= 4 is 11.9 Å². The second-order valence-corrected chi connectivity index (χ2v) is 7.46. The molecule has 2 rings (SSSR count). The first-order valence-electron chi connectivity index (χ1n) is 9.95. The second kappa shape index (κ2) is 10.8. The Balaban J connectivity index is 2.14. The SMILES string of the molecule is Cc1cc(C)cc(OC(CCCC(F)(F)F)c2ccc(C(=O)NCCC(=O)O)cc2)c1. The summed E-state index contributed by atoms with van der Waals surface area (Å²) in [5.74, 6) is -0.859. The Bertz CT molecular complexity index is 874. The average Bonchev–Trinajstić information content (AvgIpc) is 2.65. The van der Waals surface area contributed by atoms with Crippen LogP contribution < -0.4 is 10.1 Å². The summed E-state index contributed by atoms with van der Waals surface area (Å²) in [6.45, 7) is 3.83. The van der Waals surface area contributed by atoms with Gasteiger partial charge in [0.1, 0.15) is 11.9 Å². The van der Waals surface area contributed by atoms with Gasteiger partial charge >= 0.3 is 12.1 Å². The molecule has 1 amide bonds. The van der Waals surface area contributed by atoms with Crippen LogP contribution in [0.1, 0.15) is 58.8 Å². The molecule has 0 saturated heterocycles. The molecule has 2 aromatic carbocycles. The third kappa shape index (κ3) is 8.70. The molecule has 2 aromatic rings. The summed E-state index contributed by atoms with van der Waals surface area (Å²) in [4.78, 5) is 22.6. The van der Waals surface area contributed by atoms with Crippen LogP contribution in [0.15, 0.2) is 42.5 Å². The fourth-order valence-electron chi connectivity index (χ4n) is 3.18. The molecule has 5 nitrogen and oxygen atoms in total. The highest BCUT2D eigenvalue weighted by Gasteiger charge is 2.27. The normalized spacial score (nSPS) is 12.3. The van der Waals surface area contributed by atoms with Crippen molar-refractivity contribution in [3.63, 3.8) is 0 Å². The topological polar surface area (TPSA) is 75.6 Å². The van der Waals surface area contributed by atoms with Gasteiger partial charge in [0.15, 0.2) is 0 Å². The third-order valence-corrected chi connectivity index (χ3v) is 4.57. The summed E-state index contributed by atoms with van der Waals surface area (Å²) in [5, 5.41) is 11.1. The lowest BCUT2D eigenvalue weighted by Crippen LogP contribution is -2.26. The number of halogens is 3. The van der Waals surface area contributed by atoms with Gasteiger partial charge in [0.25, 0.3) is 5.91 Å². The van der Waals surface area contributed by atoms with Crippen molar-refractivity contribution < 1.29 is 32.6 Å². The van der Waals surface area contributed by atoms with Gasteiger partial charge in [-0.15, -0.1) is 0 Å². The predicted molar refractivity (Wildman–Crippen MR) is 110 cm³/mol. The van der Waals surface area contributed by atoms with Crippen molar-refractivity contribution in [3.05, 3.63) is 64.7 Å². The predicted octanol–water partition coefficient (Wildman–Crippen LogP) is 5.36. The molecular formula is C23H26F3NO4. The maximum atomic E-state index is 12.6. The largest absolute Gasteiger partial charge is 0.486 e. The molecule has 0 aromatic heterocycles. The summed E-state index contributed by atoms with van der Waals surface area (Å²) < 4.78 is 43.9. The molecule has 0 bridgehead atoms. The number of alkyl halides is 3. The van der Waals surface area contributed by atoms with Crippen molar-refractivity contribution in [2.45, 2.75) is 51.8 Å². The van der Waals surface area contributed by atoms with Gasteiger partial charge in [-0.1, -0.05) is 18.2 Å². The van der Waals surface area contributed by atoms with Crippen molar-refractivity contribution in [3.8, 4) is 5.75 Å². The van der Waals surface area contributed by atoms with Crippen molar-refractivity contribution in [1.29, 1.82) is 0 Å². The molecule has 0 saturated carbocycles. The molecule has 0 aliphatic rings. The zero-order valence-electron chi connectivity index (χ0n) is 17.5. The van der Waals surface area contributed by atoms with E-state index in [-0.39, 0.29) is 25.8 Å². The molecule has 168 valence electrons.